The maximum absolute atomic E-state index is 8.02. The quantitative estimate of drug-likeness (QED) is 0.513. The molecule has 0 aromatic carbocycles. The van der Waals surface area contributed by atoms with Crippen LogP contribution in [0.4, 0.5) is 0 Å². The zero-order chi connectivity index (χ0) is 4.12. The van der Waals surface area contributed by atoms with Crippen molar-refractivity contribution in [3.63, 3.8) is 0 Å². The number of aliphatic hydroxyl groups is 1. The molecule has 0 aliphatic rings. The first-order valence-corrected chi connectivity index (χ1v) is 2.85. The van der Waals surface area contributed by atoms with Gasteiger partial charge >= 0.3 is 44.6 Å². The van der Waals surface area contributed by atoms with Crippen LogP contribution in [0.15, 0.2) is 0 Å². The van der Waals surface area contributed by atoms with Gasteiger partial charge in [0.15, 0.2) is 0 Å². The van der Waals surface area contributed by atoms with E-state index in [2.05, 4.69) is 3.54 Å². The molecule has 0 unspecified atom stereocenters. The molecule has 0 aliphatic carbocycles. The SMILES string of the molecule is OCC[NH][Sn]. The summed E-state index contributed by atoms with van der Waals surface area (Å²) in [6.45, 7) is 0.990. The molecule has 5 heavy (non-hydrogen) atoms. The van der Waals surface area contributed by atoms with Crippen molar-refractivity contribution < 1.29 is 5.11 Å². The van der Waals surface area contributed by atoms with Crippen molar-refractivity contribution in [2.75, 3.05) is 13.2 Å². The van der Waals surface area contributed by atoms with E-state index in [0.717, 1.165) is 6.54 Å². The second-order valence-corrected chi connectivity index (χ2v) is 1.66. The average Bonchev–Trinajstić information content (AvgIpc) is 1.41. The summed E-state index contributed by atoms with van der Waals surface area (Å²) in [5, 5.41) is 8.02. The first kappa shape index (κ1) is 5.72. The molecule has 0 bridgehead atoms. The zero-order valence-corrected chi connectivity index (χ0v) is 5.72. The van der Waals surface area contributed by atoms with Crippen LogP contribution in [0, 0.1) is 0 Å². The van der Waals surface area contributed by atoms with E-state index in [4.69, 9.17) is 5.11 Å². The fraction of sp³-hybridized carbons (Fsp3) is 1.00. The van der Waals surface area contributed by atoms with Crippen LogP contribution in [-0.4, -0.2) is 41.1 Å². The van der Waals surface area contributed by atoms with Crippen LogP contribution in [0.2, 0.25) is 0 Å². The second-order valence-electron chi connectivity index (χ2n) is 0.650. The van der Waals surface area contributed by atoms with E-state index in [9.17, 15) is 0 Å². The molecule has 0 spiro atoms. The molecule has 0 saturated carbocycles. The van der Waals surface area contributed by atoms with E-state index in [-0.39, 0.29) is 6.61 Å². The fourth-order valence-corrected chi connectivity index (χ4v) is 0.375. The van der Waals surface area contributed by atoms with Crippen molar-refractivity contribution in [2.24, 2.45) is 0 Å². The van der Waals surface area contributed by atoms with Crippen molar-refractivity contribution in [3.05, 3.63) is 0 Å². The molecule has 3 heteroatoms. The van der Waals surface area contributed by atoms with E-state index < -0.39 is 0 Å². The first-order valence-electron chi connectivity index (χ1n) is 1.42. The van der Waals surface area contributed by atoms with Gasteiger partial charge in [0, 0.05) is 0 Å². The van der Waals surface area contributed by atoms with Gasteiger partial charge in [-0.25, -0.2) is 0 Å². The molecular formula is C2H6NOSn. The van der Waals surface area contributed by atoms with Gasteiger partial charge in [-0.1, -0.05) is 0 Å². The summed E-state index contributed by atoms with van der Waals surface area (Å²) in [5.74, 6) is 0. The predicted molar refractivity (Wildman–Crippen MR) is 20.8 cm³/mol. The van der Waals surface area contributed by atoms with Gasteiger partial charge in [0.2, 0.25) is 0 Å². The van der Waals surface area contributed by atoms with E-state index in [1.807, 2.05) is 0 Å². The van der Waals surface area contributed by atoms with Crippen molar-refractivity contribution in [3.8, 4) is 0 Å². The molecule has 0 fully saturated rings. The van der Waals surface area contributed by atoms with Gasteiger partial charge in [0.1, 0.15) is 0 Å². The Hall–Kier alpha value is 0.719. The number of hydrogen-bond acceptors (Lipinski definition) is 2. The average molecular weight is 179 g/mol. The Kier molecular flexibility index (Phi) is 5.40. The van der Waals surface area contributed by atoms with E-state index in [1.54, 1.807) is 0 Å². The van der Waals surface area contributed by atoms with Gasteiger partial charge in [-0.2, -0.15) is 0 Å². The van der Waals surface area contributed by atoms with E-state index >= 15 is 0 Å². The van der Waals surface area contributed by atoms with Gasteiger partial charge in [-0.05, 0) is 0 Å². The molecule has 29 valence electrons. The molecule has 0 heterocycles. The number of rotatable bonds is 2. The van der Waals surface area contributed by atoms with Crippen LogP contribution in [0.25, 0.3) is 0 Å². The van der Waals surface area contributed by atoms with Crippen LogP contribution in [0.3, 0.4) is 0 Å². The normalized spacial score (nSPS) is 8.40. The minimum atomic E-state index is 0.255. The molecule has 0 saturated heterocycles. The maximum atomic E-state index is 8.02. The third-order valence-electron chi connectivity index (χ3n) is 0.237. The van der Waals surface area contributed by atoms with Crippen LogP contribution in [0.5, 0.6) is 0 Å². The summed E-state index contributed by atoms with van der Waals surface area (Å²) >= 11 is 1.27. The summed E-state index contributed by atoms with van der Waals surface area (Å²) < 4.78 is 2.86. The summed E-state index contributed by atoms with van der Waals surface area (Å²) in [6, 6.07) is 0. The Bertz CT molecular complexity index is 17.1. The van der Waals surface area contributed by atoms with Gasteiger partial charge in [0.05, 0.1) is 0 Å². The van der Waals surface area contributed by atoms with Gasteiger partial charge < -0.3 is 0 Å². The van der Waals surface area contributed by atoms with Gasteiger partial charge in [-0.3, -0.25) is 0 Å². The molecule has 3 radical (unpaired) electrons. The standard InChI is InChI=1S/C2H6NO.Sn/c3-1-2-4;/h3-4H,1-2H2;/q-1;+1. The van der Waals surface area contributed by atoms with Gasteiger partial charge in [-0.15, -0.1) is 0 Å². The Morgan fingerprint density at radius 3 is 2.40 bits per heavy atom. The van der Waals surface area contributed by atoms with Crippen molar-refractivity contribution in [1.82, 2.24) is 3.54 Å². The van der Waals surface area contributed by atoms with Crippen molar-refractivity contribution in [2.45, 2.75) is 0 Å². The molecule has 0 aromatic rings. The van der Waals surface area contributed by atoms with E-state index in [1.165, 1.54) is 22.8 Å². The molecule has 0 amide bonds. The minimum absolute atomic E-state index is 0.255. The predicted octanol–water partition coefficient (Wildman–Crippen LogP) is -1.35. The first-order chi connectivity index (χ1) is 2.41. The third-order valence-corrected chi connectivity index (χ3v) is 0.950. The number of hydrogen-bond donors (Lipinski definition) is 2. The topological polar surface area (TPSA) is 32.3 Å². The van der Waals surface area contributed by atoms with Crippen LogP contribution < -0.4 is 3.54 Å². The Morgan fingerprint density at radius 2 is 2.40 bits per heavy atom. The molecule has 0 atom stereocenters. The summed E-state index contributed by atoms with van der Waals surface area (Å²) in [5.41, 5.74) is 0. The van der Waals surface area contributed by atoms with Crippen LogP contribution in [0.1, 0.15) is 0 Å². The van der Waals surface area contributed by atoms with Crippen LogP contribution in [-0.2, 0) is 0 Å². The third kappa shape index (κ3) is 4.72. The van der Waals surface area contributed by atoms with Crippen molar-refractivity contribution >= 4 is 22.8 Å². The van der Waals surface area contributed by atoms with Crippen LogP contribution >= 0.6 is 0 Å². The zero-order valence-electron chi connectivity index (χ0n) is 2.86. The Morgan fingerprint density at radius 1 is 1.80 bits per heavy atom. The summed E-state index contributed by atoms with van der Waals surface area (Å²) in [6.07, 6.45) is 0. The Labute approximate surface area is 45.0 Å². The number of nitrogens with one attached hydrogen (secondary N) is 1. The molecule has 0 rings (SSSR count). The molecular weight excluding hydrogens is 173 g/mol. The monoisotopic (exact) mass is 180 g/mol. The fourth-order valence-electron chi connectivity index (χ4n) is 0.0559. The number of aliphatic hydroxyl groups excluding tert-OH is 1. The molecule has 0 aromatic heterocycles. The summed E-state index contributed by atoms with van der Waals surface area (Å²) in [4.78, 5) is 0. The molecule has 0 aliphatic heterocycles. The second kappa shape index (κ2) is 4.72. The Balaban J connectivity index is 2.19. The van der Waals surface area contributed by atoms with Gasteiger partial charge in [0.25, 0.3) is 0 Å². The van der Waals surface area contributed by atoms with Crippen molar-refractivity contribution in [1.29, 1.82) is 0 Å². The molecule has 2 nitrogen and oxygen atoms in total. The molecule has 2 N–H and O–H groups in total. The van der Waals surface area contributed by atoms with E-state index in [0.29, 0.717) is 0 Å². The summed E-state index contributed by atoms with van der Waals surface area (Å²) in [7, 11) is 0.